The highest BCUT2D eigenvalue weighted by atomic mass is 32.2. The summed E-state index contributed by atoms with van der Waals surface area (Å²) in [6, 6.07) is 14.1. The third-order valence-corrected chi connectivity index (χ3v) is 5.10. The lowest BCUT2D eigenvalue weighted by molar-refractivity contribution is -0.113. The summed E-state index contributed by atoms with van der Waals surface area (Å²) in [5, 5.41) is 14.7. The van der Waals surface area contributed by atoms with E-state index in [2.05, 4.69) is 20.8 Å². The number of halogens is 2. The predicted octanol–water partition coefficient (Wildman–Crippen LogP) is 4.02. The molecule has 0 radical (unpaired) electrons. The maximum atomic E-state index is 12.6. The summed E-state index contributed by atoms with van der Waals surface area (Å²) in [5.41, 5.74) is 2.21. The van der Waals surface area contributed by atoms with E-state index in [9.17, 15) is 13.6 Å². The first-order chi connectivity index (χ1) is 13.0. The predicted molar refractivity (Wildman–Crippen MR) is 102 cm³/mol. The third kappa shape index (κ3) is 5.27. The molecule has 140 valence electrons. The van der Waals surface area contributed by atoms with Gasteiger partial charge >= 0.3 is 0 Å². The molecule has 0 atom stereocenters. The van der Waals surface area contributed by atoms with Crippen molar-refractivity contribution in [3.63, 3.8) is 0 Å². The van der Waals surface area contributed by atoms with E-state index in [1.54, 1.807) is 22.9 Å². The molecular formula is C17H15F2N5OS2. The second-order valence-corrected chi connectivity index (χ2v) is 7.40. The first-order valence-electron chi connectivity index (χ1n) is 7.85. The molecule has 3 rings (SSSR count). The molecule has 10 heteroatoms. The van der Waals surface area contributed by atoms with Gasteiger partial charge in [-0.25, -0.2) is 0 Å². The SMILES string of the molecule is Cc1cccc(-n2nnnc2SCC(=O)Nc2ccccc2SC(F)F)c1. The summed E-state index contributed by atoms with van der Waals surface area (Å²) in [6.45, 7) is 1.96. The Morgan fingerprint density at radius 1 is 1.22 bits per heavy atom. The molecule has 0 aliphatic heterocycles. The first-order valence-corrected chi connectivity index (χ1v) is 9.71. The van der Waals surface area contributed by atoms with Gasteiger partial charge in [0.25, 0.3) is 5.76 Å². The van der Waals surface area contributed by atoms with E-state index in [1.165, 1.54) is 6.07 Å². The minimum absolute atomic E-state index is 0.0415. The Morgan fingerprint density at radius 3 is 2.81 bits per heavy atom. The highest BCUT2D eigenvalue weighted by Crippen LogP contribution is 2.31. The number of benzene rings is 2. The van der Waals surface area contributed by atoms with Crippen LogP contribution in [0.3, 0.4) is 0 Å². The van der Waals surface area contributed by atoms with Crippen molar-refractivity contribution in [3.05, 3.63) is 54.1 Å². The summed E-state index contributed by atoms with van der Waals surface area (Å²) < 4.78 is 26.8. The minimum atomic E-state index is -2.56. The molecule has 0 aliphatic rings. The summed E-state index contributed by atoms with van der Waals surface area (Å²) in [5.74, 6) is -2.85. The highest BCUT2D eigenvalue weighted by Gasteiger charge is 2.14. The van der Waals surface area contributed by atoms with E-state index in [0.29, 0.717) is 27.5 Å². The van der Waals surface area contributed by atoms with Gasteiger partial charge in [0.15, 0.2) is 0 Å². The molecule has 1 amide bonds. The van der Waals surface area contributed by atoms with Gasteiger partial charge in [-0.3, -0.25) is 4.79 Å². The number of para-hydroxylation sites is 1. The van der Waals surface area contributed by atoms with Gasteiger partial charge in [0, 0.05) is 4.90 Å². The second kappa shape index (κ2) is 8.96. The zero-order valence-electron chi connectivity index (χ0n) is 14.2. The maximum absolute atomic E-state index is 12.6. The normalized spacial score (nSPS) is 11.0. The smallest absolute Gasteiger partial charge is 0.288 e. The van der Waals surface area contributed by atoms with E-state index < -0.39 is 5.76 Å². The molecule has 1 N–H and O–H groups in total. The molecule has 0 saturated carbocycles. The average Bonchev–Trinajstić information content (AvgIpc) is 3.10. The molecule has 0 bridgehead atoms. The van der Waals surface area contributed by atoms with Gasteiger partial charge in [-0.1, -0.05) is 47.8 Å². The van der Waals surface area contributed by atoms with Crippen LogP contribution >= 0.6 is 23.5 Å². The third-order valence-electron chi connectivity index (χ3n) is 3.40. The van der Waals surface area contributed by atoms with E-state index in [1.807, 2.05) is 31.2 Å². The molecule has 0 saturated heterocycles. The maximum Gasteiger partial charge on any atom is 0.288 e. The monoisotopic (exact) mass is 407 g/mol. The molecular weight excluding hydrogens is 392 g/mol. The highest BCUT2D eigenvalue weighted by molar-refractivity contribution is 8.00. The van der Waals surface area contributed by atoms with Crippen LogP contribution in [0.2, 0.25) is 0 Å². The van der Waals surface area contributed by atoms with Crippen LogP contribution in [-0.4, -0.2) is 37.6 Å². The van der Waals surface area contributed by atoms with Gasteiger partial charge in [-0.2, -0.15) is 13.5 Å². The van der Waals surface area contributed by atoms with E-state index in [4.69, 9.17) is 0 Å². The number of anilines is 1. The largest absolute Gasteiger partial charge is 0.324 e. The number of hydrogen-bond acceptors (Lipinski definition) is 6. The van der Waals surface area contributed by atoms with Gasteiger partial charge in [0.05, 0.1) is 17.1 Å². The number of rotatable bonds is 7. The number of carbonyl (C=O) groups is 1. The molecule has 1 heterocycles. The quantitative estimate of drug-likeness (QED) is 0.597. The van der Waals surface area contributed by atoms with E-state index in [-0.39, 0.29) is 11.7 Å². The number of hydrogen-bond donors (Lipinski definition) is 1. The van der Waals surface area contributed by atoms with Crippen LogP contribution in [0.15, 0.2) is 58.6 Å². The van der Waals surface area contributed by atoms with Crippen LogP contribution in [0.4, 0.5) is 14.5 Å². The molecule has 1 aromatic heterocycles. The number of amides is 1. The van der Waals surface area contributed by atoms with Crippen LogP contribution in [0, 0.1) is 6.92 Å². The number of nitrogens with one attached hydrogen (secondary N) is 1. The fraction of sp³-hybridized carbons (Fsp3) is 0.176. The molecule has 2 aromatic carbocycles. The number of aryl methyl sites for hydroxylation is 1. The lowest BCUT2D eigenvalue weighted by Crippen LogP contribution is -2.15. The van der Waals surface area contributed by atoms with Gasteiger partial charge in [0.2, 0.25) is 11.1 Å². The summed E-state index contributed by atoms with van der Waals surface area (Å²) in [7, 11) is 0. The fourth-order valence-corrected chi connectivity index (χ4v) is 3.56. The Morgan fingerprint density at radius 2 is 2.04 bits per heavy atom. The van der Waals surface area contributed by atoms with E-state index in [0.717, 1.165) is 23.0 Å². The number of tetrazole rings is 1. The van der Waals surface area contributed by atoms with Gasteiger partial charge in [0.1, 0.15) is 0 Å². The Kier molecular flexibility index (Phi) is 6.40. The Hall–Kier alpha value is -2.46. The zero-order valence-corrected chi connectivity index (χ0v) is 15.8. The number of nitrogens with zero attached hydrogens (tertiary/aromatic N) is 4. The Labute approximate surface area is 162 Å². The summed E-state index contributed by atoms with van der Waals surface area (Å²) in [4.78, 5) is 12.6. The van der Waals surface area contributed by atoms with Crippen LogP contribution in [0.1, 0.15) is 5.56 Å². The number of aromatic nitrogens is 4. The lowest BCUT2D eigenvalue weighted by atomic mass is 10.2. The van der Waals surface area contributed by atoms with Crippen LogP contribution in [0.25, 0.3) is 5.69 Å². The van der Waals surface area contributed by atoms with Crippen LogP contribution in [-0.2, 0) is 4.79 Å². The topological polar surface area (TPSA) is 72.7 Å². The van der Waals surface area contributed by atoms with Crippen molar-refractivity contribution in [1.29, 1.82) is 0 Å². The molecule has 0 fully saturated rings. The van der Waals surface area contributed by atoms with Crippen molar-refractivity contribution in [2.75, 3.05) is 11.1 Å². The first kappa shape index (κ1) is 19.3. The van der Waals surface area contributed by atoms with Crippen LogP contribution in [0.5, 0.6) is 0 Å². The molecule has 0 aliphatic carbocycles. The van der Waals surface area contributed by atoms with Crippen molar-refractivity contribution in [1.82, 2.24) is 20.2 Å². The zero-order chi connectivity index (χ0) is 19.2. The van der Waals surface area contributed by atoms with Gasteiger partial charge < -0.3 is 5.32 Å². The summed E-state index contributed by atoms with van der Waals surface area (Å²) in [6.07, 6.45) is 0. The van der Waals surface area contributed by atoms with Crippen molar-refractivity contribution < 1.29 is 13.6 Å². The Balaban J connectivity index is 1.65. The van der Waals surface area contributed by atoms with Crippen molar-refractivity contribution in [3.8, 4) is 5.69 Å². The molecule has 0 spiro atoms. The average molecular weight is 407 g/mol. The number of carbonyl (C=O) groups excluding carboxylic acids is 1. The molecule has 27 heavy (non-hydrogen) atoms. The summed E-state index contributed by atoms with van der Waals surface area (Å²) >= 11 is 1.55. The molecule has 3 aromatic rings. The van der Waals surface area contributed by atoms with E-state index >= 15 is 0 Å². The van der Waals surface area contributed by atoms with Gasteiger partial charge in [-0.05, 0) is 47.2 Å². The standard InChI is InChI=1S/C17H15F2N5OS2/c1-11-5-4-6-12(9-11)24-17(21-22-23-24)26-10-15(25)20-13-7-2-3-8-14(13)27-16(18)19/h2-9,16H,10H2,1H3,(H,20,25). The van der Waals surface area contributed by atoms with Gasteiger partial charge in [-0.15, -0.1) is 5.10 Å². The number of thioether (sulfide) groups is 2. The van der Waals surface area contributed by atoms with Crippen molar-refractivity contribution in [2.24, 2.45) is 0 Å². The second-order valence-electron chi connectivity index (χ2n) is 5.42. The molecule has 6 nitrogen and oxygen atoms in total. The molecule has 0 unspecified atom stereocenters. The van der Waals surface area contributed by atoms with Crippen molar-refractivity contribution >= 4 is 35.1 Å². The minimum Gasteiger partial charge on any atom is -0.324 e. The number of alkyl halides is 2. The van der Waals surface area contributed by atoms with Crippen LogP contribution < -0.4 is 5.32 Å². The van der Waals surface area contributed by atoms with Crippen molar-refractivity contribution in [2.45, 2.75) is 22.7 Å². The lowest BCUT2D eigenvalue weighted by Gasteiger charge is -2.10. The Bertz CT molecular complexity index is 935. The fourth-order valence-electron chi connectivity index (χ4n) is 2.28.